The Labute approximate surface area is 223 Å². The molecular weight excluding hydrogens is 498 g/mol. The van der Waals surface area contributed by atoms with E-state index in [2.05, 4.69) is 0 Å². The molecule has 0 radical (unpaired) electrons. The van der Waals surface area contributed by atoms with Gasteiger partial charge < -0.3 is 34.5 Å². The number of benzene rings is 1. The molecule has 0 heterocycles. The molecule has 0 aliphatic heterocycles. The summed E-state index contributed by atoms with van der Waals surface area (Å²) < 4.78 is 26.4. The molecule has 6 atom stereocenters. The van der Waals surface area contributed by atoms with Crippen LogP contribution < -0.4 is 15.2 Å². The molecule has 0 bridgehead atoms. The molecule has 1 aromatic rings. The first kappa shape index (κ1) is 32.7. The second kappa shape index (κ2) is 15.8. The first-order valence-electron chi connectivity index (χ1n) is 12.9. The summed E-state index contributed by atoms with van der Waals surface area (Å²) in [7, 11) is 0. The van der Waals surface area contributed by atoms with E-state index in [0.717, 1.165) is 12.8 Å². The molecule has 0 aliphatic rings. The highest BCUT2D eigenvalue weighted by Gasteiger charge is 2.35. The number of rotatable bonds is 14. The van der Waals surface area contributed by atoms with Gasteiger partial charge in [-0.2, -0.15) is 0 Å². The molecule has 1 rings (SSSR count). The molecule has 0 aromatic heterocycles. The normalized spacial score (nSPS) is 15.7. The Kier molecular flexibility index (Phi) is 13.6. The molecule has 0 saturated heterocycles. The Hall–Kier alpha value is -3.34. The smallest absolute Gasteiger partial charge is 0.480 e. The summed E-state index contributed by atoms with van der Waals surface area (Å²) in [6.07, 6.45) is -0.684. The summed E-state index contributed by atoms with van der Waals surface area (Å²) >= 11 is 0. The van der Waals surface area contributed by atoms with Gasteiger partial charge in [0, 0.05) is 18.8 Å². The number of esters is 1. The molecule has 0 saturated carbocycles. The van der Waals surface area contributed by atoms with Crippen molar-refractivity contribution in [3.8, 4) is 11.5 Å². The van der Waals surface area contributed by atoms with E-state index in [-0.39, 0.29) is 11.5 Å². The largest absolute Gasteiger partial charge is 0.514 e. The Morgan fingerprint density at radius 3 is 1.79 bits per heavy atom. The second-order valence-electron chi connectivity index (χ2n) is 9.41. The molecular formula is C27H41NO10. The summed E-state index contributed by atoms with van der Waals surface area (Å²) in [5, 5.41) is 9.67. The number of carboxylic acids is 1. The van der Waals surface area contributed by atoms with Crippen LogP contribution in [0.15, 0.2) is 18.2 Å². The zero-order chi connectivity index (χ0) is 29.0. The summed E-state index contributed by atoms with van der Waals surface area (Å²) in [5.74, 6) is -3.55. The van der Waals surface area contributed by atoms with Gasteiger partial charge in [-0.05, 0) is 51.3 Å². The summed E-state index contributed by atoms with van der Waals surface area (Å²) in [6, 6.07) is 2.82. The molecule has 214 valence electrons. The third-order valence-corrected chi connectivity index (χ3v) is 6.06. The van der Waals surface area contributed by atoms with Crippen molar-refractivity contribution < 1.29 is 48.0 Å². The summed E-state index contributed by atoms with van der Waals surface area (Å²) in [6.45, 7) is 11.9. The second-order valence-corrected chi connectivity index (χ2v) is 9.41. The fraction of sp³-hybridized carbons (Fsp3) is 0.630. The van der Waals surface area contributed by atoms with Crippen molar-refractivity contribution in [1.82, 2.24) is 0 Å². The van der Waals surface area contributed by atoms with Gasteiger partial charge in [-0.1, -0.05) is 39.7 Å². The van der Waals surface area contributed by atoms with Gasteiger partial charge >= 0.3 is 24.2 Å². The lowest BCUT2D eigenvalue weighted by Crippen LogP contribution is -2.42. The van der Waals surface area contributed by atoms with E-state index in [0.29, 0.717) is 18.4 Å². The number of aliphatic carboxylic acids is 1. The van der Waals surface area contributed by atoms with Crippen molar-refractivity contribution in [2.24, 2.45) is 11.7 Å². The highest BCUT2D eigenvalue weighted by Crippen LogP contribution is 2.37. The average Bonchev–Trinajstić information content (AvgIpc) is 2.80. The van der Waals surface area contributed by atoms with Crippen molar-refractivity contribution in [3.63, 3.8) is 0 Å². The van der Waals surface area contributed by atoms with Crippen molar-refractivity contribution >= 4 is 24.2 Å². The predicted octanol–water partition coefficient (Wildman–Crippen LogP) is 5.18. The van der Waals surface area contributed by atoms with Gasteiger partial charge in [-0.25, -0.2) is 9.59 Å². The highest BCUT2D eigenvalue weighted by atomic mass is 16.7. The van der Waals surface area contributed by atoms with Crippen LogP contribution in [0.2, 0.25) is 0 Å². The quantitative estimate of drug-likeness (QED) is 0.182. The molecule has 0 aliphatic carbocycles. The first-order valence-corrected chi connectivity index (χ1v) is 12.9. The number of hydrogen-bond acceptors (Lipinski definition) is 10. The van der Waals surface area contributed by atoms with Crippen LogP contribution in [-0.2, 0) is 23.8 Å². The monoisotopic (exact) mass is 539 g/mol. The summed E-state index contributed by atoms with van der Waals surface area (Å²) in [4.78, 5) is 48.2. The van der Waals surface area contributed by atoms with Crippen LogP contribution in [0, 0.1) is 5.92 Å². The minimum atomic E-state index is -1.39. The van der Waals surface area contributed by atoms with E-state index < -0.39 is 60.4 Å². The molecule has 0 fully saturated rings. The number of hydrogen-bond donors (Lipinski definition) is 2. The fourth-order valence-electron chi connectivity index (χ4n) is 4.04. The maximum atomic E-state index is 12.5. The Morgan fingerprint density at radius 2 is 1.34 bits per heavy atom. The van der Waals surface area contributed by atoms with Gasteiger partial charge in [0.25, 0.3) is 0 Å². The summed E-state index contributed by atoms with van der Waals surface area (Å²) in [5.41, 5.74) is 6.39. The van der Waals surface area contributed by atoms with Crippen LogP contribution in [0.4, 0.5) is 9.59 Å². The van der Waals surface area contributed by atoms with Crippen LogP contribution in [0.3, 0.4) is 0 Å². The van der Waals surface area contributed by atoms with Crippen LogP contribution in [-0.4, -0.2) is 53.7 Å². The van der Waals surface area contributed by atoms with E-state index in [1.165, 1.54) is 25.1 Å². The number of nitrogens with two attached hydrogens (primary N) is 1. The lowest BCUT2D eigenvalue weighted by Gasteiger charge is -2.31. The molecule has 5 unspecified atom stereocenters. The molecule has 38 heavy (non-hydrogen) atoms. The zero-order valence-corrected chi connectivity index (χ0v) is 23.2. The van der Waals surface area contributed by atoms with E-state index in [1.54, 1.807) is 27.7 Å². The fourth-order valence-corrected chi connectivity index (χ4v) is 4.04. The van der Waals surface area contributed by atoms with E-state index in [1.807, 2.05) is 13.8 Å². The van der Waals surface area contributed by atoms with Crippen molar-refractivity contribution in [1.29, 1.82) is 0 Å². The SMILES string of the molecule is CCCC(C)OC(=O)Oc1ccc(C(C(C)C(C)OC(C)=O)[C@H](N)C(=O)O)cc1OC(=O)OC(C)CCC. The van der Waals surface area contributed by atoms with Crippen molar-refractivity contribution in [3.05, 3.63) is 23.8 Å². The van der Waals surface area contributed by atoms with Crippen LogP contribution in [0.5, 0.6) is 11.5 Å². The lowest BCUT2D eigenvalue weighted by atomic mass is 9.79. The van der Waals surface area contributed by atoms with E-state index in [4.69, 9.17) is 29.4 Å². The third-order valence-electron chi connectivity index (χ3n) is 6.06. The Bertz CT molecular complexity index is 950. The molecule has 0 amide bonds. The number of carbonyl (C=O) groups excluding carboxylic acids is 3. The zero-order valence-electron chi connectivity index (χ0n) is 23.2. The molecule has 3 N–H and O–H groups in total. The third kappa shape index (κ3) is 10.6. The molecule has 1 aromatic carbocycles. The van der Waals surface area contributed by atoms with Gasteiger partial charge in [-0.15, -0.1) is 0 Å². The van der Waals surface area contributed by atoms with Crippen LogP contribution in [0.1, 0.15) is 85.6 Å². The lowest BCUT2D eigenvalue weighted by molar-refractivity contribution is -0.148. The topological polar surface area (TPSA) is 161 Å². The minimum Gasteiger partial charge on any atom is -0.480 e. The Morgan fingerprint density at radius 1 is 0.842 bits per heavy atom. The molecule has 11 heteroatoms. The van der Waals surface area contributed by atoms with Gasteiger partial charge in [0.2, 0.25) is 0 Å². The number of carbonyl (C=O) groups is 4. The maximum absolute atomic E-state index is 12.5. The first-order chi connectivity index (χ1) is 17.8. The molecule has 0 spiro atoms. The number of ether oxygens (including phenoxy) is 5. The van der Waals surface area contributed by atoms with Crippen LogP contribution in [0.25, 0.3) is 0 Å². The van der Waals surface area contributed by atoms with E-state index in [9.17, 15) is 24.3 Å². The standard InChI is InChI=1S/C27H41NO10/c1-8-10-15(3)34-26(32)37-21-13-12-20(14-22(21)38-27(33)35-16(4)11-9-2)23(24(28)25(30)31)17(5)18(6)36-19(7)29/h12-18,23-24H,8-11,28H2,1-7H3,(H,30,31)/t15?,16?,17?,18?,23?,24-/m0/s1. The minimum absolute atomic E-state index is 0.133. The average molecular weight is 540 g/mol. The van der Waals surface area contributed by atoms with Crippen molar-refractivity contribution in [2.75, 3.05) is 0 Å². The maximum Gasteiger partial charge on any atom is 0.514 e. The highest BCUT2D eigenvalue weighted by molar-refractivity contribution is 5.75. The Balaban J connectivity index is 3.44. The van der Waals surface area contributed by atoms with Gasteiger partial charge in [0.15, 0.2) is 11.5 Å². The van der Waals surface area contributed by atoms with Gasteiger partial charge in [0.1, 0.15) is 24.4 Å². The van der Waals surface area contributed by atoms with Crippen LogP contribution >= 0.6 is 0 Å². The van der Waals surface area contributed by atoms with Crippen molar-refractivity contribution in [2.45, 2.75) is 104 Å². The van der Waals surface area contributed by atoms with Gasteiger partial charge in [-0.3, -0.25) is 9.59 Å². The predicted molar refractivity (Wildman–Crippen MR) is 138 cm³/mol. The molecule has 11 nitrogen and oxygen atoms in total. The van der Waals surface area contributed by atoms with E-state index >= 15 is 0 Å². The van der Waals surface area contributed by atoms with Gasteiger partial charge in [0.05, 0.1) is 0 Å². The number of carboxylic acid groups (broad SMARTS) is 1.